The van der Waals surface area contributed by atoms with Crippen molar-refractivity contribution in [2.24, 2.45) is 4.99 Å². The second kappa shape index (κ2) is 11.5. The normalized spacial score (nSPS) is 15.7. The maximum Gasteiger partial charge on any atom is 0.207 e. The van der Waals surface area contributed by atoms with Gasteiger partial charge in [-0.15, -0.1) is 0 Å². The van der Waals surface area contributed by atoms with Crippen molar-refractivity contribution >= 4 is 23.0 Å². The molecule has 3 heterocycles. The molecule has 0 amide bonds. The van der Waals surface area contributed by atoms with E-state index in [0.717, 1.165) is 81.0 Å². The summed E-state index contributed by atoms with van der Waals surface area (Å²) in [6.45, 7) is 1.74. The Bertz CT molecular complexity index is 1310. The molecule has 0 radical (unpaired) electrons. The van der Waals surface area contributed by atoms with E-state index in [1.54, 1.807) is 0 Å². The van der Waals surface area contributed by atoms with Crippen LogP contribution in [0.4, 0.5) is 0 Å². The fourth-order valence-corrected chi connectivity index (χ4v) is 5.62. The van der Waals surface area contributed by atoms with Gasteiger partial charge in [-0.2, -0.15) is 10.3 Å². The highest BCUT2D eigenvalue weighted by Crippen LogP contribution is 2.38. The number of unbranched alkanes of at least 4 members (excludes halogenated alkanes) is 1. The van der Waals surface area contributed by atoms with Crippen LogP contribution in [0, 0.1) is 11.5 Å². The van der Waals surface area contributed by atoms with E-state index in [0.29, 0.717) is 0 Å². The van der Waals surface area contributed by atoms with Gasteiger partial charge >= 0.3 is 0 Å². The first-order chi connectivity index (χ1) is 17.7. The zero-order valence-electron chi connectivity index (χ0n) is 20.5. The number of fused-ring (bicyclic) bond motifs is 2. The summed E-state index contributed by atoms with van der Waals surface area (Å²) in [5, 5.41) is 10.1. The average Bonchev–Trinajstić information content (AvgIpc) is 3.08. The first kappa shape index (κ1) is 24.2. The third kappa shape index (κ3) is 5.50. The molecule has 2 aromatic heterocycles. The molecule has 0 spiro atoms. The number of hydrogen-bond acceptors (Lipinski definition) is 4. The maximum absolute atomic E-state index is 9.33. The zero-order valence-corrected chi connectivity index (χ0v) is 21.2. The summed E-state index contributed by atoms with van der Waals surface area (Å²) in [6.07, 6.45) is 15.4. The van der Waals surface area contributed by atoms with E-state index in [-0.39, 0.29) is 0 Å². The molecule has 1 aliphatic carbocycles. The van der Waals surface area contributed by atoms with Gasteiger partial charge in [-0.1, -0.05) is 29.3 Å². The quantitative estimate of drug-likeness (QED) is 0.177. The predicted molar refractivity (Wildman–Crippen MR) is 145 cm³/mol. The minimum absolute atomic E-state index is 0.785. The van der Waals surface area contributed by atoms with Crippen LogP contribution in [-0.4, -0.2) is 33.8 Å². The van der Waals surface area contributed by atoms with Crippen LogP contribution < -0.4 is 0 Å². The summed E-state index contributed by atoms with van der Waals surface area (Å²) in [7, 11) is 0. The fourth-order valence-electron chi connectivity index (χ4n) is 5.42. The second-order valence-electron chi connectivity index (χ2n) is 9.47. The lowest BCUT2D eigenvalue weighted by Gasteiger charge is -2.32. The van der Waals surface area contributed by atoms with Gasteiger partial charge in [0.15, 0.2) is 0 Å². The summed E-state index contributed by atoms with van der Waals surface area (Å²) in [5.74, 6) is 0.919. The van der Waals surface area contributed by atoms with Crippen molar-refractivity contribution in [3.8, 4) is 6.19 Å². The van der Waals surface area contributed by atoms with Crippen LogP contribution in [0.3, 0.4) is 0 Å². The first-order valence-corrected chi connectivity index (χ1v) is 13.2. The average molecular weight is 496 g/mol. The number of pyridine rings is 2. The monoisotopic (exact) mass is 495 g/mol. The highest BCUT2D eigenvalue weighted by Gasteiger charge is 2.26. The van der Waals surface area contributed by atoms with Gasteiger partial charge in [-0.05, 0) is 97.5 Å². The molecule has 5 rings (SSSR count). The molecular formula is C30H30ClN5. The van der Waals surface area contributed by atoms with Crippen molar-refractivity contribution < 1.29 is 0 Å². The molecule has 5 nitrogen and oxygen atoms in total. The summed E-state index contributed by atoms with van der Waals surface area (Å²) < 4.78 is 0. The summed E-state index contributed by atoms with van der Waals surface area (Å²) >= 11 is 6.36. The molecule has 6 heteroatoms. The van der Waals surface area contributed by atoms with Crippen molar-refractivity contribution in [2.75, 3.05) is 13.1 Å². The molecule has 0 atom stereocenters. The molecule has 0 unspecified atom stereocenters. The first-order valence-electron chi connectivity index (χ1n) is 12.8. The number of benzene rings is 1. The standard InChI is InChI=1S/C30H30ClN5/c31-26-9-10-27-25(20-26)8-7-24-5-3-15-34-30(24)29(27)23-13-18-36(19-14-23)28(35-21-32)6-2-1-4-22-11-16-33-17-12-22/h3,5,9-12,15-17,20H,1-2,4,6-8,13-14,18-19H2. The van der Waals surface area contributed by atoms with Crippen LogP contribution in [0.15, 0.2) is 71.6 Å². The van der Waals surface area contributed by atoms with E-state index in [1.807, 2.05) is 36.9 Å². The van der Waals surface area contributed by atoms with Crippen LogP contribution >= 0.6 is 11.6 Å². The topological polar surface area (TPSA) is 65.2 Å². The highest BCUT2D eigenvalue weighted by atomic mass is 35.5. The lowest BCUT2D eigenvalue weighted by atomic mass is 9.88. The lowest BCUT2D eigenvalue weighted by molar-refractivity contribution is 0.380. The SMILES string of the molecule is N#CN=C(CCCCc1ccncc1)N1CCC(=C2c3ccc(Cl)cc3CCc3cccnc32)CC1. The Hall–Kier alpha value is -3.49. The molecule has 1 aromatic carbocycles. The third-order valence-corrected chi connectivity index (χ3v) is 7.49. The molecule has 36 heavy (non-hydrogen) atoms. The van der Waals surface area contributed by atoms with Crippen LogP contribution in [0.2, 0.25) is 5.02 Å². The van der Waals surface area contributed by atoms with Gasteiger partial charge in [-0.3, -0.25) is 9.97 Å². The van der Waals surface area contributed by atoms with E-state index < -0.39 is 0 Å². The fraction of sp³-hybridized carbons (Fsp3) is 0.333. The molecule has 2 aliphatic rings. The number of nitriles is 1. The largest absolute Gasteiger partial charge is 0.359 e. The van der Waals surface area contributed by atoms with E-state index in [9.17, 15) is 5.26 Å². The number of aryl methyl sites for hydroxylation is 3. The molecule has 1 fully saturated rings. The lowest BCUT2D eigenvalue weighted by Crippen LogP contribution is -2.36. The van der Waals surface area contributed by atoms with Gasteiger partial charge < -0.3 is 4.90 Å². The Morgan fingerprint density at radius 2 is 1.78 bits per heavy atom. The van der Waals surface area contributed by atoms with Crippen molar-refractivity contribution in [3.63, 3.8) is 0 Å². The van der Waals surface area contributed by atoms with Crippen molar-refractivity contribution in [2.45, 2.75) is 51.4 Å². The number of likely N-dealkylation sites (tertiary alicyclic amines) is 1. The van der Waals surface area contributed by atoms with Gasteiger partial charge in [0, 0.05) is 48.7 Å². The van der Waals surface area contributed by atoms with Gasteiger partial charge in [0.05, 0.1) is 5.69 Å². The molecule has 3 aromatic rings. The Balaban J connectivity index is 1.32. The molecule has 0 saturated carbocycles. The summed E-state index contributed by atoms with van der Waals surface area (Å²) in [4.78, 5) is 15.5. The predicted octanol–water partition coefficient (Wildman–Crippen LogP) is 6.42. The van der Waals surface area contributed by atoms with E-state index in [4.69, 9.17) is 16.6 Å². The van der Waals surface area contributed by atoms with Gasteiger partial charge in [0.2, 0.25) is 6.19 Å². The minimum atomic E-state index is 0.785. The van der Waals surface area contributed by atoms with Crippen molar-refractivity contribution in [3.05, 3.63) is 99.6 Å². The number of piperidine rings is 1. The smallest absolute Gasteiger partial charge is 0.207 e. The van der Waals surface area contributed by atoms with Gasteiger partial charge in [-0.25, -0.2) is 0 Å². The van der Waals surface area contributed by atoms with E-state index in [1.165, 1.54) is 33.4 Å². The Morgan fingerprint density at radius 1 is 0.972 bits per heavy atom. The summed E-state index contributed by atoms with van der Waals surface area (Å²) in [5.41, 5.74) is 9.00. The summed E-state index contributed by atoms with van der Waals surface area (Å²) in [6, 6.07) is 14.6. The molecule has 0 bridgehead atoms. The number of hydrogen-bond donors (Lipinski definition) is 0. The number of halogens is 1. The molecule has 0 N–H and O–H groups in total. The molecule has 1 aliphatic heterocycles. The Morgan fingerprint density at radius 3 is 2.58 bits per heavy atom. The van der Waals surface area contributed by atoms with Crippen molar-refractivity contribution in [1.29, 1.82) is 5.26 Å². The van der Waals surface area contributed by atoms with E-state index >= 15 is 0 Å². The van der Waals surface area contributed by atoms with Crippen molar-refractivity contribution in [1.82, 2.24) is 14.9 Å². The number of aliphatic imine (C=N–C) groups is 1. The molecule has 182 valence electrons. The molecule has 1 saturated heterocycles. The molecular weight excluding hydrogens is 466 g/mol. The van der Waals surface area contributed by atoms with Gasteiger partial charge in [0.1, 0.15) is 5.84 Å². The third-order valence-electron chi connectivity index (χ3n) is 7.26. The Labute approximate surface area is 218 Å². The zero-order chi connectivity index (χ0) is 24.7. The Kier molecular flexibility index (Phi) is 7.73. The van der Waals surface area contributed by atoms with Crippen LogP contribution in [-0.2, 0) is 19.3 Å². The van der Waals surface area contributed by atoms with Gasteiger partial charge in [0.25, 0.3) is 0 Å². The van der Waals surface area contributed by atoms with E-state index in [2.05, 4.69) is 45.2 Å². The second-order valence-corrected chi connectivity index (χ2v) is 9.91. The van der Waals surface area contributed by atoms with Crippen LogP contribution in [0.25, 0.3) is 5.57 Å². The van der Waals surface area contributed by atoms with Crippen LogP contribution in [0.1, 0.15) is 60.1 Å². The number of aromatic nitrogens is 2. The highest BCUT2D eigenvalue weighted by molar-refractivity contribution is 6.30. The van der Waals surface area contributed by atoms with Crippen LogP contribution in [0.5, 0.6) is 0 Å². The maximum atomic E-state index is 9.33. The number of rotatable bonds is 5. The minimum Gasteiger partial charge on any atom is -0.359 e. The number of nitrogens with zero attached hydrogens (tertiary/aromatic N) is 5. The number of amidine groups is 1.